The molecule has 0 aliphatic carbocycles. The van der Waals surface area contributed by atoms with Crippen LogP contribution in [0.4, 0.5) is 0 Å². The first-order valence-electron chi connectivity index (χ1n) is 5.59. The second-order valence-electron chi connectivity index (χ2n) is 3.73. The summed E-state index contributed by atoms with van der Waals surface area (Å²) in [5.74, 6) is -1.91. The Labute approximate surface area is 146 Å². The second-order valence-corrected chi connectivity index (χ2v) is 4.39. The van der Waals surface area contributed by atoms with E-state index in [1.54, 1.807) is 0 Å². The predicted octanol–water partition coefficient (Wildman–Crippen LogP) is -0.509. The minimum Gasteiger partial charge on any atom is -1.00 e. The van der Waals surface area contributed by atoms with Gasteiger partial charge in [0.1, 0.15) is 5.38 Å². The molecule has 1 aromatic rings. The number of carbonyl (C=O) groups is 2. The van der Waals surface area contributed by atoms with E-state index < -0.39 is 23.4 Å². The monoisotopic (exact) mass is 312 g/mol. The number of carboxylic acids is 2. The van der Waals surface area contributed by atoms with E-state index in [1.165, 1.54) is 13.8 Å². The third-order valence-corrected chi connectivity index (χ3v) is 2.22. The van der Waals surface area contributed by atoms with Crippen LogP contribution < -0.4 is 29.6 Å². The predicted molar refractivity (Wildman–Crippen MR) is 72.4 cm³/mol. The van der Waals surface area contributed by atoms with E-state index in [0.29, 0.717) is 6.61 Å². The van der Waals surface area contributed by atoms with Crippen molar-refractivity contribution in [3.63, 3.8) is 0 Å². The topological polar surface area (TPSA) is 83.8 Å². The van der Waals surface area contributed by atoms with Gasteiger partial charge in [0.05, 0.1) is 6.61 Å². The molecule has 0 aliphatic heterocycles. The van der Waals surface area contributed by atoms with E-state index in [1.807, 2.05) is 30.3 Å². The fourth-order valence-corrected chi connectivity index (χ4v) is 0.867. The Morgan fingerprint density at radius 2 is 1.65 bits per heavy atom. The minimum absolute atomic E-state index is 0. The number of hydrogen-bond acceptors (Lipinski definition) is 3. The Kier molecular flexibility index (Phi) is 13.2. The van der Waals surface area contributed by atoms with Gasteiger partial charge in [0.2, 0.25) is 0 Å². The Balaban J connectivity index is -0.000000352. The first kappa shape index (κ1) is 21.7. The molecule has 1 aromatic carbocycles. The molecule has 0 bridgehead atoms. The van der Waals surface area contributed by atoms with E-state index in [-0.39, 0.29) is 31.0 Å². The molecule has 0 aromatic heterocycles. The number of rotatable bonds is 5. The molecular weight excluding hydrogens is 295 g/mol. The average molecular weight is 313 g/mol. The van der Waals surface area contributed by atoms with Gasteiger partial charge in [0.25, 0.3) is 0 Å². The van der Waals surface area contributed by atoms with Crippen LogP contribution in [0.2, 0.25) is 0 Å². The Morgan fingerprint density at radius 1 is 1.20 bits per heavy atom. The first-order valence-corrected chi connectivity index (χ1v) is 6.03. The first-order chi connectivity index (χ1) is 8.84. The van der Waals surface area contributed by atoms with Crippen LogP contribution >= 0.6 is 11.6 Å². The summed E-state index contributed by atoms with van der Waals surface area (Å²) in [5.41, 5.74) is 0.982. The van der Waals surface area contributed by atoms with E-state index in [0.717, 1.165) is 5.56 Å². The van der Waals surface area contributed by atoms with Crippen molar-refractivity contribution in [3.8, 4) is 0 Å². The molecule has 0 saturated heterocycles. The summed E-state index contributed by atoms with van der Waals surface area (Å²) < 4.78 is 5.09. The smallest absolute Gasteiger partial charge is 1.00 e. The average Bonchev–Trinajstić information content (AvgIpc) is 2.37. The Morgan fingerprint density at radius 3 is 2.00 bits per heavy atom. The van der Waals surface area contributed by atoms with Crippen molar-refractivity contribution in [2.24, 2.45) is 0 Å². The van der Waals surface area contributed by atoms with Gasteiger partial charge in [-0.2, -0.15) is 0 Å². The molecule has 0 saturated carbocycles. The zero-order valence-electron chi connectivity index (χ0n) is 12.7. The number of halogens is 1. The van der Waals surface area contributed by atoms with Crippen LogP contribution in [0.3, 0.4) is 0 Å². The second kappa shape index (κ2) is 12.2. The van der Waals surface area contributed by atoms with Gasteiger partial charge in [0.15, 0.2) is 6.10 Å². The molecule has 0 amide bonds. The number of hydrogen-bond donors (Lipinski definition) is 2. The zero-order valence-corrected chi connectivity index (χ0v) is 14.5. The fraction of sp³-hybridized carbons (Fsp3) is 0.385. The van der Waals surface area contributed by atoms with Crippen molar-refractivity contribution in [2.45, 2.75) is 31.9 Å². The van der Waals surface area contributed by atoms with Gasteiger partial charge >= 0.3 is 41.5 Å². The summed E-state index contributed by atoms with van der Waals surface area (Å²) >= 11 is 5.01. The number of alkyl halides is 1. The minimum atomic E-state index is -0.975. The Hall–Kier alpha value is -0.590. The summed E-state index contributed by atoms with van der Waals surface area (Å²) in [5, 5.41) is 15.6. The molecule has 1 rings (SSSR count). The molecule has 5 nitrogen and oxygen atoms in total. The van der Waals surface area contributed by atoms with Gasteiger partial charge in [-0.25, -0.2) is 4.79 Å². The number of ether oxygens (including phenoxy) is 1. The van der Waals surface area contributed by atoms with Crippen molar-refractivity contribution in [2.75, 3.05) is 0 Å². The van der Waals surface area contributed by atoms with E-state index in [2.05, 4.69) is 0 Å². The van der Waals surface area contributed by atoms with E-state index in [4.69, 9.17) is 26.6 Å². The Bertz CT molecular complexity index is 403. The number of carboxylic acid groups (broad SMARTS) is 2. The molecule has 2 N–H and O–H groups in total. The molecule has 2 unspecified atom stereocenters. The van der Waals surface area contributed by atoms with E-state index >= 15 is 0 Å². The van der Waals surface area contributed by atoms with Gasteiger partial charge < -0.3 is 16.4 Å². The van der Waals surface area contributed by atoms with Crippen LogP contribution in [0.1, 0.15) is 20.8 Å². The summed E-state index contributed by atoms with van der Waals surface area (Å²) in [6.07, 6.45) is -0.750. The third kappa shape index (κ3) is 11.3. The van der Waals surface area contributed by atoms with Crippen LogP contribution in [0.25, 0.3) is 0 Å². The van der Waals surface area contributed by atoms with Crippen molar-refractivity contribution in [3.05, 3.63) is 35.9 Å². The summed E-state index contributed by atoms with van der Waals surface area (Å²) in [7, 11) is 0. The fourth-order valence-electron chi connectivity index (χ4n) is 0.867. The molecule has 0 radical (unpaired) electrons. The van der Waals surface area contributed by atoms with Crippen LogP contribution in [-0.2, 0) is 20.9 Å². The molecular formula is C13H18ClNaO5. The number of benzene rings is 1. The summed E-state index contributed by atoms with van der Waals surface area (Å²) in [6.45, 7) is 3.27. The van der Waals surface area contributed by atoms with Crippen LogP contribution in [0, 0.1) is 0 Å². The van der Waals surface area contributed by atoms with Crippen LogP contribution in [-0.4, -0.2) is 33.6 Å². The summed E-state index contributed by atoms with van der Waals surface area (Å²) in [6, 6.07) is 9.49. The molecule has 7 heteroatoms. The normalized spacial score (nSPS) is 12.2. The van der Waals surface area contributed by atoms with Gasteiger partial charge in [-0.3, -0.25) is 4.79 Å². The zero-order chi connectivity index (χ0) is 14.8. The molecule has 2 atom stereocenters. The van der Waals surface area contributed by atoms with Crippen LogP contribution in [0.15, 0.2) is 30.3 Å². The molecule has 108 valence electrons. The molecule has 20 heavy (non-hydrogen) atoms. The van der Waals surface area contributed by atoms with Crippen molar-refractivity contribution in [1.29, 1.82) is 0 Å². The number of aliphatic carboxylic acids is 2. The van der Waals surface area contributed by atoms with Gasteiger partial charge in [-0.05, 0) is 19.4 Å². The molecule has 0 spiro atoms. The van der Waals surface area contributed by atoms with Crippen molar-refractivity contribution >= 4 is 23.5 Å². The maximum atomic E-state index is 10.4. The SMILES string of the molecule is CC(Cl)C(=O)O.CC(OCc1ccccc1)C(=O)O.[H-].[Na+]. The third-order valence-electron chi connectivity index (χ3n) is 2.03. The largest absolute Gasteiger partial charge is 1.00 e. The van der Waals surface area contributed by atoms with E-state index in [9.17, 15) is 9.59 Å². The van der Waals surface area contributed by atoms with Gasteiger partial charge in [-0.15, -0.1) is 11.6 Å². The van der Waals surface area contributed by atoms with Gasteiger partial charge in [0, 0.05) is 0 Å². The van der Waals surface area contributed by atoms with Crippen LogP contribution in [0.5, 0.6) is 0 Å². The molecule has 0 heterocycles. The summed E-state index contributed by atoms with van der Waals surface area (Å²) in [4.78, 5) is 20.0. The quantitative estimate of drug-likeness (QED) is 0.565. The molecule has 0 fully saturated rings. The standard InChI is InChI=1S/C10H12O3.C3H5ClO2.Na.H/c1-8(10(11)12)13-7-9-5-3-2-4-6-9;1-2(4)3(5)6;;/h2-6,8H,7H2,1H3,(H,11,12);2H,1H3,(H,5,6);;/q;;+1;-1. The molecule has 0 aliphatic rings. The maximum Gasteiger partial charge on any atom is 1.00 e. The van der Waals surface area contributed by atoms with Gasteiger partial charge in [-0.1, -0.05) is 30.3 Å². The van der Waals surface area contributed by atoms with Crippen molar-refractivity contribution < 1.29 is 55.5 Å². The maximum absolute atomic E-state index is 10.4. The van der Waals surface area contributed by atoms with Crippen molar-refractivity contribution in [1.82, 2.24) is 0 Å².